The second-order valence-electron chi connectivity index (χ2n) is 13.0. The van der Waals surface area contributed by atoms with Crippen molar-refractivity contribution in [2.75, 3.05) is 33.4 Å². The van der Waals surface area contributed by atoms with Crippen LogP contribution in [0.4, 0.5) is 4.79 Å². The lowest BCUT2D eigenvalue weighted by atomic mass is 10.0. The molecule has 44 heavy (non-hydrogen) atoms. The van der Waals surface area contributed by atoms with Gasteiger partial charge in [0.2, 0.25) is 0 Å². The first-order valence-corrected chi connectivity index (χ1v) is 15.6. The molecule has 1 unspecified atom stereocenters. The van der Waals surface area contributed by atoms with E-state index < -0.39 is 11.7 Å². The number of carbonyl (C=O) groups excluding carboxylic acids is 2. The van der Waals surface area contributed by atoms with E-state index in [1.165, 1.54) is 10.9 Å². The van der Waals surface area contributed by atoms with Gasteiger partial charge in [0.05, 0.1) is 18.3 Å². The molecule has 2 saturated heterocycles. The lowest BCUT2D eigenvalue weighted by Gasteiger charge is -2.33. The van der Waals surface area contributed by atoms with Crippen LogP contribution >= 0.6 is 0 Å². The Morgan fingerprint density at radius 3 is 2.61 bits per heavy atom. The predicted octanol–water partition coefficient (Wildman–Crippen LogP) is 5.76. The van der Waals surface area contributed by atoms with Gasteiger partial charge < -0.3 is 33.6 Å². The van der Waals surface area contributed by atoms with Crippen LogP contribution in [0.2, 0.25) is 0 Å². The number of nitrogens with one attached hydrogen (secondary N) is 1. The maximum Gasteiger partial charge on any atom is 0.407 e. The van der Waals surface area contributed by atoms with E-state index in [2.05, 4.69) is 44.8 Å². The van der Waals surface area contributed by atoms with Crippen molar-refractivity contribution in [2.24, 2.45) is 13.0 Å². The minimum atomic E-state index is -0.582. The van der Waals surface area contributed by atoms with Crippen molar-refractivity contribution >= 4 is 33.9 Å². The Bertz CT molecular complexity index is 1680. The fourth-order valence-corrected chi connectivity index (χ4v) is 6.53. The molecule has 0 saturated carbocycles. The van der Waals surface area contributed by atoms with Crippen molar-refractivity contribution in [1.82, 2.24) is 24.3 Å². The molecule has 10 heteroatoms. The summed E-state index contributed by atoms with van der Waals surface area (Å²) in [5, 5.41) is 4.10. The SMILES string of the molecule is COc1cc(C(=O)N2CCCC(NC(=O)OC(C)(C)C)C2)cc2nc(-c3cc4ccccc4n3CC3CCOCC3)n(C)c12. The quantitative estimate of drug-likeness (QED) is 0.302. The number of hydrogen-bond donors (Lipinski definition) is 1. The Balaban J connectivity index is 1.31. The standard InChI is InChI=1S/C34H43N5O5/c1-34(2,3)44-33(41)35-25-10-8-14-38(21-25)32(40)24-17-26-30(29(19-24)42-5)37(4)31(36-26)28-18-23-9-6-7-11-27(23)39(28)20-22-12-15-43-16-13-22/h6-7,9,11,17-19,22,25H,8,10,12-16,20-21H2,1-5H3,(H,35,41). The minimum absolute atomic E-state index is 0.110. The summed E-state index contributed by atoms with van der Waals surface area (Å²) in [6, 6.07) is 14.2. The van der Waals surface area contributed by atoms with Crippen LogP contribution in [-0.4, -0.2) is 76.1 Å². The van der Waals surface area contributed by atoms with Gasteiger partial charge in [-0.05, 0) is 76.6 Å². The van der Waals surface area contributed by atoms with E-state index in [4.69, 9.17) is 19.2 Å². The van der Waals surface area contributed by atoms with Crippen molar-refractivity contribution in [3.8, 4) is 17.3 Å². The molecule has 0 bridgehead atoms. The van der Waals surface area contributed by atoms with Crippen molar-refractivity contribution in [2.45, 2.75) is 64.6 Å². The van der Waals surface area contributed by atoms with E-state index in [0.29, 0.717) is 35.8 Å². The largest absolute Gasteiger partial charge is 0.494 e. The highest BCUT2D eigenvalue weighted by Crippen LogP contribution is 2.35. The second-order valence-corrected chi connectivity index (χ2v) is 13.0. The number of hydrogen-bond acceptors (Lipinski definition) is 6. The van der Waals surface area contributed by atoms with Gasteiger partial charge in [0.25, 0.3) is 5.91 Å². The van der Waals surface area contributed by atoms with Gasteiger partial charge in [0.15, 0.2) is 5.82 Å². The van der Waals surface area contributed by atoms with Crippen LogP contribution in [0.3, 0.4) is 0 Å². The summed E-state index contributed by atoms with van der Waals surface area (Å²) >= 11 is 0. The van der Waals surface area contributed by atoms with Gasteiger partial charge in [-0.25, -0.2) is 9.78 Å². The first kappa shape index (κ1) is 30.0. The number of nitrogens with zero attached hydrogens (tertiary/aromatic N) is 4. The van der Waals surface area contributed by atoms with Gasteiger partial charge in [-0.3, -0.25) is 4.79 Å². The third-order valence-corrected chi connectivity index (χ3v) is 8.65. The summed E-state index contributed by atoms with van der Waals surface area (Å²) < 4.78 is 21.4. The lowest BCUT2D eigenvalue weighted by molar-refractivity contribution is 0.0452. The highest BCUT2D eigenvalue weighted by Gasteiger charge is 2.29. The zero-order chi connectivity index (χ0) is 31.0. The van der Waals surface area contributed by atoms with Gasteiger partial charge in [0, 0.05) is 62.4 Å². The Morgan fingerprint density at radius 1 is 1.09 bits per heavy atom. The Morgan fingerprint density at radius 2 is 1.86 bits per heavy atom. The number of fused-ring (bicyclic) bond motifs is 2. The molecular formula is C34H43N5O5. The summed E-state index contributed by atoms with van der Waals surface area (Å²) in [5.74, 6) is 1.84. The van der Waals surface area contributed by atoms with E-state index in [-0.39, 0.29) is 11.9 Å². The number of alkyl carbamates (subject to hydrolysis) is 1. The van der Waals surface area contributed by atoms with Crippen LogP contribution in [0.5, 0.6) is 5.75 Å². The number of aromatic nitrogens is 3. The molecule has 2 aliphatic rings. The molecule has 234 valence electrons. The van der Waals surface area contributed by atoms with Crippen LogP contribution in [0.25, 0.3) is 33.5 Å². The van der Waals surface area contributed by atoms with Crippen LogP contribution < -0.4 is 10.1 Å². The molecule has 4 heterocycles. The summed E-state index contributed by atoms with van der Waals surface area (Å²) in [4.78, 5) is 33.1. The number of para-hydroxylation sites is 1. The van der Waals surface area contributed by atoms with Crippen molar-refractivity contribution in [3.63, 3.8) is 0 Å². The van der Waals surface area contributed by atoms with Crippen molar-refractivity contribution in [3.05, 3.63) is 48.0 Å². The monoisotopic (exact) mass is 601 g/mol. The highest BCUT2D eigenvalue weighted by atomic mass is 16.6. The van der Waals surface area contributed by atoms with Crippen molar-refractivity contribution < 1.29 is 23.8 Å². The number of carbonyl (C=O) groups is 2. The maximum atomic E-state index is 13.8. The van der Waals surface area contributed by atoms with Crippen LogP contribution in [0.1, 0.15) is 56.8 Å². The third-order valence-electron chi connectivity index (χ3n) is 8.65. The van der Waals surface area contributed by atoms with Gasteiger partial charge in [-0.1, -0.05) is 18.2 Å². The Hall–Kier alpha value is -4.05. The van der Waals surface area contributed by atoms with E-state index in [0.717, 1.165) is 62.5 Å². The van der Waals surface area contributed by atoms with Crippen molar-refractivity contribution in [1.29, 1.82) is 0 Å². The van der Waals surface area contributed by atoms with Crippen LogP contribution in [0, 0.1) is 5.92 Å². The first-order valence-electron chi connectivity index (χ1n) is 15.6. The number of ether oxygens (including phenoxy) is 3. The number of piperidine rings is 1. The molecule has 2 amide bonds. The fourth-order valence-electron chi connectivity index (χ4n) is 6.53. The van der Waals surface area contributed by atoms with Gasteiger partial charge >= 0.3 is 6.09 Å². The van der Waals surface area contributed by atoms with Crippen LogP contribution in [0.15, 0.2) is 42.5 Å². The molecule has 0 spiro atoms. The normalized spacial score (nSPS) is 18.1. The fraction of sp³-hybridized carbons (Fsp3) is 0.500. The summed E-state index contributed by atoms with van der Waals surface area (Å²) in [5.41, 5.74) is 3.70. The number of methoxy groups -OCH3 is 1. The number of benzene rings is 2. The van der Waals surface area contributed by atoms with Gasteiger partial charge in [0.1, 0.15) is 16.9 Å². The number of amides is 2. The molecule has 2 aromatic carbocycles. The molecule has 1 N–H and O–H groups in total. The lowest BCUT2D eigenvalue weighted by Crippen LogP contribution is -2.50. The van der Waals surface area contributed by atoms with E-state index in [9.17, 15) is 9.59 Å². The molecule has 1 atom stereocenters. The molecule has 2 fully saturated rings. The number of aryl methyl sites for hydroxylation is 1. The topological polar surface area (TPSA) is 99.8 Å². The van der Waals surface area contributed by atoms with E-state index in [1.54, 1.807) is 18.1 Å². The Kier molecular flexibility index (Phi) is 8.28. The molecule has 0 aliphatic carbocycles. The second kappa shape index (κ2) is 12.1. The number of rotatable bonds is 6. The van der Waals surface area contributed by atoms with E-state index >= 15 is 0 Å². The molecular weight excluding hydrogens is 558 g/mol. The molecule has 10 nitrogen and oxygen atoms in total. The minimum Gasteiger partial charge on any atom is -0.494 e. The van der Waals surface area contributed by atoms with Gasteiger partial charge in [-0.2, -0.15) is 0 Å². The zero-order valence-electron chi connectivity index (χ0n) is 26.4. The summed E-state index contributed by atoms with van der Waals surface area (Å²) in [7, 11) is 3.63. The van der Waals surface area contributed by atoms with E-state index in [1.807, 2.05) is 33.9 Å². The molecule has 0 radical (unpaired) electrons. The average molecular weight is 602 g/mol. The highest BCUT2D eigenvalue weighted by molar-refractivity contribution is 6.00. The number of imidazole rings is 1. The third kappa shape index (κ3) is 6.13. The maximum absolute atomic E-state index is 13.8. The summed E-state index contributed by atoms with van der Waals surface area (Å²) in [6.07, 6.45) is 3.19. The van der Waals surface area contributed by atoms with Crippen LogP contribution in [-0.2, 0) is 23.1 Å². The zero-order valence-corrected chi connectivity index (χ0v) is 26.4. The summed E-state index contributed by atoms with van der Waals surface area (Å²) in [6.45, 7) is 9.03. The molecule has 2 aliphatic heterocycles. The predicted molar refractivity (Wildman–Crippen MR) is 170 cm³/mol. The first-order chi connectivity index (χ1) is 21.1. The molecule has 2 aromatic heterocycles. The molecule has 6 rings (SSSR count). The van der Waals surface area contributed by atoms with Gasteiger partial charge in [-0.15, -0.1) is 0 Å². The smallest absolute Gasteiger partial charge is 0.407 e. The average Bonchev–Trinajstić information content (AvgIpc) is 3.53. The Labute approximate surface area is 258 Å². The number of likely N-dealkylation sites (tertiary alicyclic amines) is 1. The molecule has 4 aromatic rings.